The summed E-state index contributed by atoms with van der Waals surface area (Å²) in [4.78, 5) is 19.0. The van der Waals surface area contributed by atoms with Gasteiger partial charge in [0, 0.05) is 25.4 Å². The molecule has 1 amide bonds. The molecular formula is C19H24N4O3. The molecule has 138 valence electrons. The molecule has 4 heterocycles. The second-order valence-electron chi connectivity index (χ2n) is 7.15. The van der Waals surface area contributed by atoms with E-state index in [1.807, 2.05) is 31.2 Å². The molecule has 0 aliphatic carbocycles. The molecule has 2 fully saturated rings. The average molecular weight is 356 g/mol. The molecule has 2 aromatic rings. The highest BCUT2D eigenvalue weighted by molar-refractivity contribution is 5.81. The predicted octanol–water partition coefficient (Wildman–Crippen LogP) is 1.67. The van der Waals surface area contributed by atoms with Crippen molar-refractivity contribution in [2.75, 3.05) is 13.1 Å². The number of amides is 1. The summed E-state index contributed by atoms with van der Waals surface area (Å²) < 4.78 is 11.2. The van der Waals surface area contributed by atoms with Crippen LogP contribution in [0.25, 0.3) is 0 Å². The second-order valence-corrected chi connectivity index (χ2v) is 7.15. The molecule has 4 rings (SSSR count). The summed E-state index contributed by atoms with van der Waals surface area (Å²) in [6.45, 7) is 4.93. The van der Waals surface area contributed by atoms with Gasteiger partial charge in [0.2, 0.25) is 5.91 Å². The zero-order chi connectivity index (χ0) is 17.9. The van der Waals surface area contributed by atoms with Crippen molar-refractivity contribution in [3.63, 3.8) is 0 Å². The van der Waals surface area contributed by atoms with Crippen LogP contribution in [0, 0.1) is 12.8 Å². The molecule has 0 unspecified atom stereocenters. The van der Waals surface area contributed by atoms with Crippen molar-refractivity contribution in [3.05, 3.63) is 47.6 Å². The number of hydrogen-bond donors (Lipinski definition) is 1. The van der Waals surface area contributed by atoms with Crippen molar-refractivity contribution in [2.45, 2.75) is 45.1 Å². The molecule has 2 aliphatic rings. The molecule has 2 aromatic heterocycles. The van der Waals surface area contributed by atoms with Crippen LogP contribution in [0.15, 0.2) is 35.0 Å². The lowest BCUT2D eigenvalue weighted by atomic mass is 9.91. The van der Waals surface area contributed by atoms with Crippen molar-refractivity contribution in [1.29, 1.82) is 0 Å². The number of hydrogen-bond acceptors (Lipinski definition) is 6. The number of rotatable bonds is 5. The number of carbonyl (C=O) groups is 1. The lowest BCUT2D eigenvalue weighted by molar-refractivity contribution is -0.133. The van der Waals surface area contributed by atoms with E-state index in [1.54, 1.807) is 6.20 Å². The van der Waals surface area contributed by atoms with Gasteiger partial charge < -0.3 is 14.6 Å². The van der Waals surface area contributed by atoms with Gasteiger partial charge in [0.05, 0.1) is 24.0 Å². The van der Waals surface area contributed by atoms with Gasteiger partial charge in [0.15, 0.2) is 0 Å². The monoisotopic (exact) mass is 356 g/mol. The van der Waals surface area contributed by atoms with Crippen molar-refractivity contribution in [1.82, 2.24) is 20.4 Å². The van der Waals surface area contributed by atoms with Gasteiger partial charge >= 0.3 is 0 Å². The van der Waals surface area contributed by atoms with E-state index in [-0.39, 0.29) is 18.1 Å². The van der Waals surface area contributed by atoms with Gasteiger partial charge in [-0.15, -0.1) is 0 Å². The lowest BCUT2D eigenvalue weighted by Crippen LogP contribution is -2.42. The van der Waals surface area contributed by atoms with Crippen LogP contribution in [0.2, 0.25) is 0 Å². The van der Waals surface area contributed by atoms with Crippen LogP contribution in [-0.2, 0) is 22.6 Å². The maximum absolute atomic E-state index is 12.4. The quantitative estimate of drug-likeness (QED) is 0.878. The van der Waals surface area contributed by atoms with Gasteiger partial charge in [-0.3, -0.25) is 14.7 Å². The number of aromatic nitrogens is 2. The highest BCUT2D eigenvalue weighted by Crippen LogP contribution is 2.33. The Balaban J connectivity index is 1.28. The zero-order valence-corrected chi connectivity index (χ0v) is 14.9. The van der Waals surface area contributed by atoms with E-state index >= 15 is 0 Å². The van der Waals surface area contributed by atoms with E-state index in [0.29, 0.717) is 12.5 Å². The Kier molecular flexibility index (Phi) is 4.99. The summed E-state index contributed by atoms with van der Waals surface area (Å²) in [6.07, 6.45) is 3.33. The number of likely N-dealkylation sites (tertiary alicyclic amines) is 1. The third kappa shape index (κ3) is 3.94. The number of carbonyl (C=O) groups excluding carboxylic acids is 1. The molecule has 7 heteroatoms. The summed E-state index contributed by atoms with van der Waals surface area (Å²) in [6, 6.07) is 7.65. The average Bonchev–Trinajstić information content (AvgIpc) is 3.26. The fraction of sp³-hybridized carbons (Fsp3) is 0.526. The Labute approximate surface area is 152 Å². The van der Waals surface area contributed by atoms with Gasteiger partial charge in [0.1, 0.15) is 11.9 Å². The van der Waals surface area contributed by atoms with Gasteiger partial charge in [-0.2, -0.15) is 0 Å². The van der Waals surface area contributed by atoms with Crippen molar-refractivity contribution in [3.8, 4) is 0 Å². The Morgan fingerprint density at radius 3 is 3.08 bits per heavy atom. The molecule has 0 aromatic carbocycles. The Bertz CT molecular complexity index is 748. The zero-order valence-electron chi connectivity index (χ0n) is 14.9. The van der Waals surface area contributed by atoms with Gasteiger partial charge in [-0.1, -0.05) is 11.2 Å². The maximum atomic E-state index is 12.4. The SMILES string of the molecule is Cc1cc(CN2CC[C@@H]3C[C@H](C(=O)NCc4ccccn4)O[C@H]3C2)no1. The molecule has 7 nitrogen and oxygen atoms in total. The van der Waals surface area contributed by atoms with Crippen LogP contribution in [-0.4, -0.2) is 46.2 Å². The number of nitrogens with one attached hydrogen (secondary N) is 1. The molecule has 26 heavy (non-hydrogen) atoms. The summed E-state index contributed by atoms with van der Waals surface area (Å²) in [5.41, 5.74) is 1.80. The Hall–Kier alpha value is -2.25. The third-order valence-corrected chi connectivity index (χ3v) is 5.16. The Morgan fingerprint density at radius 1 is 1.38 bits per heavy atom. The minimum absolute atomic E-state index is 0.0382. The molecule has 2 saturated heterocycles. The molecule has 3 atom stereocenters. The van der Waals surface area contributed by atoms with Crippen LogP contribution >= 0.6 is 0 Å². The highest BCUT2D eigenvalue weighted by atomic mass is 16.5. The van der Waals surface area contributed by atoms with E-state index in [0.717, 1.165) is 49.6 Å². The number of pyridine rings is 1. The molecule has 1 N–H and O–H groups in total. The van der Waals surface area contributed by atoms with Crippen molar-refractivity contribution in [2.24, 2.45) is 5.92 Å². The molecule has 0 spiro atoms. The predicted molar refractivity (Wildman–Crippen MR) is 94.0 cm³/mol. The molecule has 0 bridgehead atoms. The van der Waals surface area contributed by atoms with E-state index in [1.165, 1.54) is 0 Å². The lowest BCUT2D eigenvalue weighted by Gasteiger charge is -2.33. The number of aryl methyl sites for hydroxylation is 1. The van der Waals surface area contributed by atoms with Crippen LogP contribution in [0.1, 0.15) is 30.0 Å². The summed E-state index contributed by atoms with van der Waals surface area (Å²) >= 11 is 0. The standard InChI is InChI=1S/C19H24N4O3/c1-13-8-16(22-26-13)11-23-7-5-14-9-17(25-18(14)12-23)19(24)21-10-15-4-2-3-6-20-15/h2-4,6,8,14,17-18H,5,7,9-12H2,1H3,(H,21,24)/t14-,17-,18+/m1/s1. The van der Waals surface area contributed by atoms with Crippen LogP contribution < -0.4 is 5.32 Å². The number of ether oxygens (including phenoxy) is 1. The van der Waals surface area contributed by atoms with Crippen molar-refractivity contribution >= 4 is 5.91 Å². The second kappa shape index (κ2) is 7.55. The normalized spacial score (nSPS) is 25.8. The van der Waals surface area contributed by atoms with Crippen LogP contribution in [0.4, 0.5) is 0 Å². The molecule has 0 radical (unpaired) electrons. The first-order chi connectivity index (χ1) is 12.7. The van der Waals surface area contributed by atoms with E-state index in [4.69, 9.17) is 9.26 Å². The van der Waals surface area contributed by atoms with E-state index in [2.05, 4.69) is 20.4 Å². The minimum Gasteiger partial charge on any atom is -0.364 e. The molecular weight excluding hydrogens is 332 g/mol. The number of fused-ring (bicyclic) bond motifs is 1. The van der Waals surface area contributed by atoms with E-state index < -0.39 is 0 Å². The van der Waals surface area contributed by atoms with E-state index in [9.17, 15) is 4.79 Å². The topological polar surface area (TPSA) is 80.5 Å². The smallest absolute Gasteiger partial charge is 0.249 e. The summed E-state index contributed by atoms with van der Waals surface area (Å²) in [5.74, 6) is 1.25. The fourth-order valence-corrected chi connectivity index (χ4v) is 3.82. The maximum Gasteiger partial charge on any atom is 0.249 e. The molecule has 2 aliphatic heterocycles. The highest BCUT2D eigenvalue weighted by Gasteiger charge is 2.41. The van der Waals surface area contributed by atoms with Gasteiger partial charge in [-0.05, 0) is 44.4 Å². The Morgan fingerprint density at radius 2 is 2.31 bits per heavy atom. The first-order valence-corrected chi connectivity index (χ1v) is 9.15. The molecule has 0 saturated carbocycles. The number of piperidine rings is 1. The minimum atomic E-state index is -0.358. The van der Waals surface area contributed by atoms with Crippen molar-refractivity contribution < 1.29 is 14.1 Å². The first-order valence-electron chi connectivity index (χ1n) is 9.15. The van der Waals surface area contributed by atoms with Crippen LogP contribution in [0.5, 0.6) is 0 Å². The number of nitrogens with zero attached hydrogens (tertiary/aromatic N) is 3. The van der Waals surface area contributed by atoms with Gasteiger partial charge in [-0.25, -0.2) is 0 Å². The largest absolute Gasteiger partial charge is 0.364 e. The van der Waals surface area contributed by atoms with Gasteiger partial charge in [0.25, 0.3) is 0 Å². The first kappa shape index (κ1) is 17.2. The van der Waals surface area contributed by atoms with Crippen LogP contribution in [0.3, 0.4) is 0 Å². The summed E-state index contributed by atoms with van der Waals surface area (Å²) in [5, 5.41) is 7.01. The third-order valence-electron chi connectivity index (χ3n) is 5.16. The summed E-state index contributed by atoms with van der Waals surface area (Å²) in [7, 11) is 0. The fourth-order valence-electron chi connectivity index (χ4n) is 3.82.